The maximum absolute atomic E-state index is 14.4. The molecule has 0 spiro atoms. The lowest BCUT2D eigenvalue weighted by atomic mass is 10.1. The fourth-order valence-electron chi connectivity index (χ4n) is 4.88. The molecule has 2 amide bonds. The van der Waals surface area contributed by atoms with Crippen molar-refractivity contribution in [3.8, 4) is 0 Å². The molecule has 41 heavy (non-hydrogen) atoms. The molecule has 3 N–H and O–H groups in total. The molecule has 12 nitrogen and oxygen atoms in total. The van der Waals surface area contributed by atoms with Gasteiger partial charge in [0.05, 0.1) is 18.8 Å². The minimum absolute atomic E-state index is 0.0868. The Kier molecular flexibility index (Phi) is 7.49. The molecule has 2 saturated heterocycles. The van der Waals surface area contributed by atoms with Crippen molar-refractivity contribution in [1.29, 1.82) is 0 Å². The summed E-state index contributed by atoms with van der Waals surface area (Å²) in [6, 6.07) is 14.2. The number of ether oxygens (including phenoxy) is 4. The van der Waals surface area contributed by atoms with Crippen molar-refractivity contribution < 1.29 is 38.0 Å². The number of nitrogens with one attached hydrogen (secondary N) is 2. The van der Waals surface area contributed by atoms with E-state index in [1.165, 1.54) is 29.0 Å². The number of hydrogen-bond donors (Lipinski definition) is 3. The summed E-state index contributed by atoms with van der Waals surface area (Å²) in [6.45, 7) is -0.414. The summed E-state index contributed by atoms with van der Waals surface area (Å²) in [4.78, 5) is 40.6. The van der Waals surface area contributed by atoms with Crippen LogP contribution in [0.4, 0.5) is 15.0 Å². The van der Waals surface area contributed by atoms with E-state index in [1.807, 2.05) is 30.3 Å². The molecule has 13 heteroatoms. The van der Waals surface area contributed by atoms with Crippen LogP contribution in [-0.4, -0.2) is 57.6 Å². The third-order valence-electron chi connectivity index (χ3n) is 7.05. The Hall–Kier alpha value is -4.17. The van der Waals surface area contributed by atoms with Crippen LogP contribution >= 0.6 is 0 Å². The van der Waals surface area contributed by atoms with Crippen LogP contribution in [0.3, 0.4) is 0 Å². The van der Waals surface area contributed by atoms with Crippen molar-refractivity contribution in [2.75, 3.05) is 11.9 Å². The molecule has 1 saturated carbocycles. The van der Waals surface area contributed by atoms with Crippen molar-refractivity contribution in [3.63, 3.8) is 0 Å². The van der Waals surface area contributed by atoms with E-state index in [2.05, 4.69) is 15.6 Å². The van der Waals surface area contributed by atoms with Crippen molar-refractivity contribution >= 4 is 17.8 Å². The molecule has 3 fully saturated rings. The van der Waals surface area contributed by atoms with E-state index in [4.69, 9.17) is 18.9 Å². The van der Waals surface area contributed by atoms with Gasteiger partial charge in [-0.1, -0.05) is 36.4 Å². The molecule has 1 aliphatic carbocycles. The maximum atomic E-state index is 14.4. The Morgan fingerprint density at radius 2 is 1.83 bits per heavy atom. The molecule has 2 aliphatic heterocycles. The topological polar surface area (TPSA) is 150 Å². The number of carbonyl (C=O) groups is 2. The van der Waals surface area contributed by atoms with Crippen LogP contribution in [0.15, 0.2) is 65.6 Å². The molecule has 0 bridgehead atoms. The minimum atomic E-state index is -1.27. The van der Waals surface area contributed by atoms with Crippen LogP contribution in [0, 0.1) is 5.82 Å². The highest BCUT2D eigenvalue weighted by Gasteiger charge is 2.54. The lowest BCUT2D eigenvalue weighted by Crippen LogP contribution is -2.35. The zero-order valence-corrected chi connectivity index (χ0v) is 21.6. The maximum Gasteiger partial charge on any atom is 0.351 e. The highest BCUT2D eigenvalue weighted by Crippen LogP contribution is 2.44. The largest absolute Gasteiger partial charge is 0.478 e. The molecule has 3 heterocycles. The lowest BCUT2D eigenvalue weighted by Gasteiger charge is -2.22. The van der Waals surface area contributed by atoms with E-state index in [9.17, 15) is 23.9 Å². The monoisotopic (exact) mass is 566 g/mol. The van der Waals surface area contributed by atoms with Crippen molar-refractivity contribution in [3.05, 3.63) is 93.8 Å². The van der Waals surface area contributed by atoms with Gasteiger partial charge in [-0.05, 0) is 31.0 Å². The highest BCUT2D eigenvalue weighted by atomic mass is 19.1. The first kappa shape index (κ1) is 27.0. The SMILES string of the molecule is O=C(Nc1ccn([C@@H]2O[C@H](COCc3c(F)cccc3C(=O)O)C3O[C@H](c4ccccc4)O[C@@H]32)c(=O)n1)NC1CC1. The number of aromatic nitrogens is 2. The lowest BCUT2D eigenvalue weighted by molar-refractivity contribution is -0.159. The number of rotatable bonds is 9. The molecule has 1 unspecified atom stereocenters. The first-order valence-electron chi connectivity index (χ1n) is 13.1. The molecule has 3 aromatic rings. The predicted octanol–water partition coefficient (Wildman–Crippen LogP) is 2.96. The summed E-state index contributed by atoms with van der Waals surface area (Å²) >= 11 is 0. The fourth-order valence-corrected chi connectivity index (χ4v) is 4.88. The third kappa shape index (κ3) is 5.84. The average Bonchev–Trinajstić information content (AvgIpc) is 3.55. The first-order chi connectivity index (χ1) is 19.9. The molecule has 6 rings (SSSR count). The van der Waals surface area contributed by atoms with E-state index in [0.29, 0.717) is 0 Å². The zero-order valence-electron chi connectivity index (χ0n) is 21.6. The Balaban J connectivity index is 1.20. The van der Waals surface area contributed by atoms with Crippen molar-refractivity contribution in [2.24, 2.45) is 0 Å². The second kappa shape index (κ2) is 11.4. The van der Waals surface area contributed by atoms with E-state index in [-0.39, 0.29) is 36.2 Å². The standard InChI is InChI=1S/C28H27FN4O8/c29-19-8-4-7-17(25(34)35)18(19)13-38-14-20-22-23(41-26(40-22)15-5-2-1-3-6-15)24(39-20)33-12-11-21(32-28(33)37)31-27(36)30-16-9-10-16/h1-8,11-12,16,20,22-24,26H,9-10,13-14H2,(H,34,35)(H2,30,31,32,36,37)/t20-,22?,23+,24-,26+/m1/s1. The second-order valence-corrected chi connectivity index (χ2v) is 9.97. The molecule has 0 radical (unpaired) electrons. The number of fused-ring (bicyclic) bond motifs is 1. The zero-order chi connectivity index (χ0) is 28.5. The van der Waals surface area contributed by atoms with Crippen LogP contribution in [0.2, 0.25) is 0 Å². The van der Waals surface area contributed by atoms with Crippen molar-refractivity contribution in [1.82, 2.24) is 14.9 Å². The second-order valence-electron chi connectivity index (χ2n) is 9.97. The Labute approximate surface area is 233 Å². The van der Waals surface area contributed by atoms with E-state index in [1.54, 1.807) is 0 Å². The van der Waals surface area contributed by atoms with Gasteiger partial charge in [0.2, 0.25) is 0 Å². The van der Waals surface area contributed by atoms with Gasteiger partial charge in [-0.15, -0.1) is 0 Å². The number of urea groups is 1. The van der Waals surface area contributed by atoms with Crippen LogP contribution < -0.4 is 16.3 Å². The highest BCUT2D eigenvalue weighted by molar-refractivity contribution is 5.89. The smallest absolute Gasteiger partial charge is 0.351 e. The summed E-state index contributed by atoms with van der Waals surface area (Å²) in [5.74, 6) is -1.88. The van der Waals surface area contributed by atoms with Crippen molar-refractivity contribution in [2.45, 2.75) is 56.3 Å². The molecular formula is C28H27FN4O8. The fraction of sp³-hybridized carbons (Fsp3) is 0.357. The number of carboxylic acids is 1. The van der Waals surface area contributed by atoms with E-state index < -0.39 is 54.3 Å². The van der Waals surface area contributed by atoms with Crippen LogP contribution in [-0.2, 0) is 25.6 Å². The number of carboxylic acid groups (broad SMARTS) is 1. The van der Waals surface area contributed by atoms with Gasteiger partial charge in [-0.2, -0.15) is 4.98 Å². The van der Waals surface area contributed by atoms with Gasteiger partial charge < -0.3 is 29.4 Å². The average molecular weight is 567 g/mol. The number of nitrogens with zero attached hydrogens (tertiary/aromatic N) is 2. The number of amides is 2. The van der Waals surface area contributed by atoms with Crippen LogP contribution in [0.1, 0.15) is 46.8 Å². The normalized spacial score (nSPS) is 25.0. The van der Waals surface area contributed by atoms with Gasteiger partial charge >= 0.3 is 17.7 Å². The molecule has 214 valence electrons. The first-order valence-corrected chi connectivity index (χ1v) is 13.1. The van der Waals surface area contributed by atoms with Gasteiger partial charge in [0.25, 0.3) is 0 Å². The summed E-state index contributed by atoms with van der Waals surface area (Å²) < 4.78 is 39.9. The number of benzene rings is 2. The van der Waals surface area contributed by atoms with E-state index in [0.717, 1.165) is 24.5 Å². The van der Waals surface area contributed by atoms with Gasteiger partial charge in [0.15, 0.2) is 12.5 Å². The molecular weight excluding hydrogens is 539 g/mol. The third-order valence-corrected chi connectivity index (χ3v) is 7.05. The summed E-state index contributed by atoms with van der Waals surface area (Å²) in [7, 11) is 0. The Morgan fingerprint density at radius 3 is 2.56 bits per heavy atom. The number of anilines is 1. The van der Waals surface area contributed by atoms with Gasteiger partial charge in [-0.3, -0.25) is 9.88 Å². The number of carbonyl (C=O) groups excluding carboxylic acids is 1. The van der Waals surface area contributed by atoms with Gasteiger partial charge in [-0.25, -0.2) is 18.8 Å². The minimum Gasteiger partial charge on any atom is -0.478 e. The quantitative estimate of drug-likeness (QED) is 0.355. The van der Waals surface area contributed by atoms with Gasteiger partial charge in [0, 0.05) is 23.4 Å². The number of halogens is 1. The molecule has 2 aromatic carbocycles. The Morgan fingerprint density at radius 1 is 1.05 bits per heavy atom. The molecule has 5 atom stereocenters. The van der Waals surface area contributed by atoms with Crippen LogP contribution in [0.5, 0.6) is 0 Å². The predicted molar refractivity (Wildman–Crippen MR) is 140 cm³/mol. The number of aromatic carboxylic acids is 1. The Bertz CT molecular complexity index is 1500. The molecule has 1 aromatic heterocycles. The number of hydrogen-bond acceptors (Lipinski definition) is 8. The van der Waals surface area contributed by atoms with Crippen LogP contribution in [0.25, 0.3) is 0 Å². The van der Waals surface area contributed by atoms with E-state index >= 15 is 0 Å². The van der Waals surface area contributed by atoms with Gasteiger partial charge in [0.1, 0.15) is 29.9 Å². The summed E-state index contributed by atoms with van der Waals surface area (Å²) in [5, 5.41) is 14.7. The summed E-state index contributed by atoms with van der Waals surface area (Å²) in [5.41, 5.74) is -0.200. The molecule has 3 aliphatic rings. The summed E-state index contributed by atoms with van der Waals surface area (Å²) in [6.07, 6.45) is -0.533.